The number of amides is 1. The number of benzene rings is 2. The highest BCUT2D eigenvalue weighted by Gasteiger charge is 2.18. The van der Waals surface area contributed by atoms with Gasteiger partial charge in [0.05, 0.1) is 28.4 Å². The minimum absolute atomic E-state index is 0.0721. The van der Waals surface area contributed by atoms with Crippen molar-refractivity contribution in [2.75, 3.05) is 0 Å². The number of aryl methyl sites for hydroxylation is 1. The number of nitrogens with zero attached hydrogens (tertiary/aromatic N) is 4. The Morgan fingerprint density at radius 1 is 1.23 bits per heavy atom. The molecule has 2 aromatic carbocycles. The molecule has 1 atom stereocenters. The van der Waals surface area contributed by atoms with Crippen LogP contribution in [0.25, 0.3) is 5.69 Å². The van der Waals surface area contributed by atoms with Crippen molar-refractivity contribution in [3.63, 3.8) is 0 Å². The molecule has 0 saturated heterocycles. The van der Waals surface area contributed by atoms with E-state index >= 15 is 0 Å². The minimum Gasteiger partial charge on any atom is -0.343 e. The maximum absolute atomic E-state index is 12.5. The predicted octanol–water partition coefficient (Wildman–Crippen LogP) is 3.59. The molecule has 26 heavy (non-hydrogen) atoms. The Hall–Kier alpha value is -3.17. The number of nitriles is 1. The van der Waals surface area contributed by atoms with Crippen LogP contribution in [0.15, 0.2) is 48.5 Å². The molecule has 0 bridgehead atoms. The van der Waals surface area contributed by atoms with E-state index in [4.69, 9.17) is 16.9 Å². The third-order valence-electron chi connectivity index (χ3n) is 3.94. The van der Waals surface area contributed by atoms with Crippen LogP contribution in [0.4, 0.5) is 0 Å². The number of carbonyl (C=O) groups excluding carboxylic acids is 1. The zero-order valence-corrected chi connectivity index (χ0v) is 15.0. The molecule has 0 spiro atoms. The van der Waals surface area contributed by atoms with Gasteiger partial charge in [-0.2, -0.15) is 5.26 Å². The number of hydrogen-bond donors (Lipinski definition) is 1. The molecule has 0 aliphatic carbocycles. The standard InChI is InChI=1S/C19H16ClN5O/c1-12(15-9-7-14(11-21)8-10-15)22-19(26)18-23-13(2)25(24-18)17-6-4-3-5-16(17)20/h3-10,12H,1-2H3,(H,22,26). The summed E-state index contributed by atoms with van der Waals surface area (Å²) < 4.78 is 1.55. The van der Waals surface area contributed by atoms with Gasteiger partial charge in [0, 0.05) is 0 Å². The fourth-order valence-corrected chi connectivity index (χ4v) is 2.74. The van der Waals surface area contributed by atoms with E-state index in [1.165, 1.54) is 0 Å². The summed E-state index contributed by atoms with van der Waals surface area (Å²) in [5, 5.41) is 16.5. The van der Waals surface area contributed by atoms with E-state index in [2.05, 4.69) is 21.5 Å². The second kappa shape index (κ2) is 7.38. The van der Waals surface area contributed by atoms with Crippen molar-refractivity contribution in [3.8, 4) is 11.8 Å². The summed E-state index contributed by atoms with van der Waals surface area (Å²) in [5.41, 5.74) is 2.13. The molecule has 3 rings (SSSR count). The molecule has 7 heteroatoms. The molecule has 1 heterocycles. The summed E-state index contributed by atoms with van der Waals surface area (Å²) in [4.78, 5) is 16.7. The van der Waals surface area contributed by atoms with Crippen molar-refractivity contribution < 1.29 is 4.79 Å². The third kappa shape index (κ3) is 3.58. The molecule has 1 amide bonds. The van der Waals surface area contributed by atoms with Crippen molar-refractivity contribution in [1.82, 2.24) is 20.1 Å². The fourth-order valence-electron chi connectivity index (χ4n) is 2.53. The van der Waals surface area contributed by atoms with Gasteiger partial charge in [-0.1, -0.05) is 35.9 Å². The van der Waals surface area contributed by atoms with Crippen LogP contribution in [-0.4, -0.2) is 20.7 Å². The number of hydrogen-bond acceptors (Lipinski definition) is 4. The first-order chi connectivity index (χ1) is 12.5. The van der Waals surface area contributed by atoms with E-state index < -0.39 is 0 Å². The third-order valence-corrected chi connectivity index (χ3v) is 4.26. The number of halogens is 1. The average Bonchev–Trinajstić information content (AvgIpc) is 3.04. The summed E-state index contributed by atoms with van der Waals surface area (Å²) in [6, 6.07) is 16.1. The summed E-state index contributed by atoms with van der Waals surface area (Å²) in [6.45, 7) is 3.62. The van der Waals surface area contributed by atoms with E-state index in [1.807, 2.05) is 37.3 Å². The molecule has 0 fully saturated rings. The van der Waals surface area contributed by atoms with Crippen molar-refractivity contribution in [2.24, 2.45) is 0 Å². The normalized spacial score (nSPS) is 11.6. The molecule has 1 N–H and O–H groups in total. The van der Waals surface area contributed by atoms with Gasteiger partial charge in [-0.05, 0) is 43.7 Å². The molecule has 130 valence electrons. The zero-order chi connectivity index (χ0) is 18.7. The van der Waals surface area contributed by atoms with Gasteiger partial charge in [0.1, 0.15) is 5.82 Å². The maximum atomic E-state index is 12.5. The molecule has 0 aliphatic rings. The lowest BCUT2D eigenvalue weighted by atomic mass is 10.1. The van der Waals surface area contributed by atoms with Gasteiger partial charge < -0.3 is 5.32 Å². The lowest BCUT2D eigenvalue weighted by molar-refractivity contribution is 0.0929. The van der Waals surface area contributed by atoms with E-state index in [-0.39, 0.29) is 17.8 Å². The molecule has 3 aromatic rings. The molecular weight excluding hydrogens is 350 g/mol. The first-order valence-electron chi connectivity index (χ1n) is 7.99. The Balaban J connectivity index is 1.79. The Kier molecular flexibility index (Phi) is 5.01. The van der Waals surface area contributed by atoms with E-state index in [9.17, 15) is 4.79 Å². The van der Waals surface area contributed by atoms with Crippen molar-refractivity contribution in [1.29, 1.82) is 5.26 Å². The van der Waals surface area contributed by atoms with E-state index in [0.29, 0.717) is 22.1 Å². The van der Waals surface area contributed by atoms with Gasteiger partial charge in [0.2, 0.25) is 5.82 Å². The quantitative estimate of drug-likeness (QED) is 0.765. The van der Waals surface area contributed by atoms with Gasteiger partial charge in [-0.15, -0.1) is 5.10 Å². The Labute approximate surface area is 156 Å². The van der Waals surface area contributed by atoms with Gasteiger partial charge in [0.15, 0.2) is 0 Å². The van der Waals surface area contributed by atoms with Crippen LogP contribution in [0.3, 0.4) is 0 Å². The molecule has 0 radical (unpaired) electrons. The summed E-state index contributed by atoms with van der Waals surface area (Å²) in [6.07, 6.45) is 0. The van der Waals surface area contributed by atoms with Gasteiger partial charge in [-0.3, -0.25) is 4.79 Å². The highest BCUT2D eigenvalue weighted by molar-refractivity contribution is 6.32. The number of nitrogens with one attached hydrogen (secondary N) is 1. The molecule has 0 aliphatic heterocycles. The number of para-hydroxylation sites is 1. The highest BCUT2D eigenvalue weighted by Crippen LogP contribution is 2.20. The van der Waals surface area contributed by atoms with Crippen LogP contribution in [0.5, 0.6) is 0 Å². The SMILES string of the molecule is Cc1nc(C(=O)NC(C)c2ccc(C#N)cc2)nn1-c1ccccc1Cl. The van der Waals surface area contributed by atoms with Crippen LogP contribution in [-0.2, 0) is 0 Å². The maximum Gasteiger partial charge on any atom is 0.291 e. The Bertz CT molecular complexity index is 988. The predicted molar refractivity (Wildman–Crippen MR) is 98.1 cm³/mol. The Morgan fingerprint density at radius 3 is 2.58 bits per heavy atom. The lowest BCUT2D eigenvalue weighted by Gasteiger charge is -2.13. The minimum atomic E-state index is -0.379. The van der Waals surface area contributed by atoms with Gasteiger partial charge in [-0.25, -0.2) is 9.67 Å². The van der Waals surface area contributed by atoms with E-state index in [0.717, 1.165) is 5.56 Å². The number of rotatable bonds is 4. The monoisotopic (exact) mass is 365 g/mol. The summed E-state index contributed by atoms with van der Waals surface area (Å²) >= 11 is 6.20. The number of carbonyl (C=O) groups is 1. The van der Waals surface area contributed by atoms with Crippen molar-refractivity contribution >= 4 is 17.5 Å². The molecule has 1 aromatic heterocycles. The largest absolute Gasteiger partial charge is 0.343 e. The first kappa shape index (κ1) is 17.6. The summed E-state index contributed by atoms with van der Waals surface area (Å²) in [7, 11) is 0. The first-order valence-corrected chi connectivity index (χ1v) is 8.37. The van der Waals surface area contributed by atoms with Crippen LogP contribution in [0, 0.1) is 18.3 Å². The summed E-state index contributed by atoms with van der Waals surface area (Å²) in [5.74, 6) is 0.257. The average molecular weight is 366 g/mol. The van der Waals surface area contributed by atoms with Crippen LogP contribution < -0.4 is 5.32 Å². The van der Waals surface area contributed by atoms with Crippen LogP contribution >= 0.6 is 11.6 Å². The zero-order valence-electron chi connectivity index (χ0n) is 14.3. The highest BCUT2D eigenvalue weighted by atomic mass is 35.5. The molecule has 0 saturated carbocycles. The molecular formula is C19H16ClN5O. The van der Waals surface area contributed by atoms with Crippen molar-refractivity contribution in [2.45, 2.75) is 19.9 Å². The Morgan fingerprint density at radius 2 is 1.92 bits per heavy atom. The lowest BCUT2D eigenvalue weighted by Crippen LogP contribution is -2.27. The topological polar surface area (TPSA) is 83.6 Å². The van der Waals surface area contributed by atoms with Crippen LogP contribution in [0.1, 0.15) is 40.5 Å². The second-order valence-electron chi connectivity index (χ2n) is 5.77. The smallest absolute Gasteiger partial charge is 0.291 e. The number of aromatic nitrogens is 3. The van der Waals surface area contributed by atoms with Gasteiger partial charge in [0.25, 0.3) is 5.91 Å². The second-order valence-corrected chi connectivity index (χ2v) is 6.18. The van der Waals surface area contributed by atoms with Gasteiger partial charge >= 0.3 is 0 Å². The molecule has 1 unspecified atom stereocenters. The van der Waals surface area contributed by atoms with Crippen molar-refractivity contribution in [3.05, 3.63) is 76.3 Å². The fraction of sp³-hybridized carbons (Fsp3) is 0.158. The molecule has 6 nitrogen and oxygen atoms in total. The van der Waals surface area contributed by atoms with E-state index in [1.54, 1.807) is 29.8 Å². The van der Waals surface area contributed by atoms with Crippen LogP contribution in [0.2, 0.25) is 5.02 Å².